The first-order chi connectivity index (χ1) is 9.54. The zero-order valence-corrected chi connectivity index (χ0v) is 12.7. The molecule has 2 rings (SSSR count). The SMILES string of the molecule is CCOC(=O)C(C)(C)Oc1nsnc1N1CCOCC1. The van der Waals surface area contributed by atoms with Crippen LogP contribution in [0.4, 0.5) is 5.82 Å². The molecule has 112 valence electrons. The Morgan fingerprint density at radius 3 is 2.75 bits per heavy atom. The van der Waals surface area contributed by atoms with Crippen LogP contribution < -0.4 is 9.64 Å². The van der Waals surface area contributed by atoms with Gasteiger partial charge in [0.05, 0.1) is 31.5 Å². The summed E-state index contributed by atoms with van der Waals surface area (Å²) in [6.45, 7) is 8.18. The Balaban J connectivity index is 2.09. The molecule has 1 aromatic heterocycles. The van der Waals surface area contributed by atoms with E-state index in [1.54, 1.807) is 20.8 Å². The maximum Gasteiger partial charge on any atom is 0.349 e. The Labute approximate surface area is 122 Å². The van der Waals surface area contributed by atoms with Crippen molar-refractivity contribution >= 4 is 23.5 Å². The molecule has 20 heavy (non-hydrogen) atoms. The summed E-state index contributed by atoms with van der Waals surface area (Å²) < 4.78 is 24.4. The number of hydrogen-bond donors (Lipinski definition) is 0. The molecule has 0 aliphatic carbocycles. The summed E-state index contributed by atoms with van der Waals surface area (Å²) in [7, 11) is 0. The average Bonchev–Trinajstić information content (AvgIpc) is 2.87. The second-order valence-corrected chi connectivity index (χ2v) is 5.35. The number of ether oxygens (including phenoxy) is 3. The van der Waals surface area contributed by atoms with Crippen molar-refractivity contribution in [1.82, 2.24) is 8.75 Å². The van der Waals surface area contributed by atoms with Gasteiger partial charge in [0.25, 0.3) is 5.88 Å². The van der Waals surface area contributed by atoms with Crippen LogP contribution in [0.3, 0.4) is 0 Å². The van der Waals surface area contributed by atoms with Crippen molar-refractivity contribution in [1.29, 1.82) is 0 Å². The zero-order chi connectivity index (χ0) is 14.6. The van der Waals surface area contributed by atoms with Crippen molar-refractivity contribution in [3.63, 3.8) is 0 Å². The lowest BCUT2D eigenvalue weighted by molar-refractivity contribution is -0.158. The average molecular weight is 301 g/mol. The number of rotatable bonds is 5. The molecule has 0 atom stereocenters. The van der Waals surface area contributed by atoms with E-state index in [1.165, 1.54) is 0 Å². The number of anilines is 1. The smallest absolute Gasteiger partial charge is 0.349 e. The third-order valence-corrected chi connectivity index (χ3v) is 3.37. The first-order valence-electron chi connectivity index (χ1n) is 6.56. The van der Waals surface area contributed by atoms with Crippen molar-refractivity contribution in [3.05, 3.63) is 0 Å². The Kier molecular flexibility index (Phi) is 4.77. The van der Waals surface area contributed by atoms with Gasteiger partial charge >= 0.3 is 5.97 Å². The first kappa shape index (κ1) is 15.0. The molecule has 1 aromatic rings. The van der Waals surface area contributed by atoms with E-state index in [1.807, 2.05) is 4.90 Å². The minimum Gasteiger partial charge on any atom is -0.463 e. The fraction of sp³-hybridized carbons (Fsp3) is 0.750. The zero-order valence-electron chi connectivity index (χ0n) is 11.9. The van der Waals surface area contributed by atoms with Crippen molar-refractivity contribution in [2.45, 2.75) is 26.4 Å². The van der Waals surface area contributed by atoms with Crippen LogP contribution in [-0.4, -0.2) is 53.2 Å². The largest absolute Gasteiger partial charge is 0.463 e. The molecule has 1 fully saturated rings. The van der Waals surface area contributed by atoms with Crippen LogP contribution in [0.15, 0.2) is 0 Å². The van der Waals surface area contributed by atoms with Crippen LogP contribution in [-0.2, 0) is 14.3 Å². The molecule has 0 unspecified atom stereocenters. The minimum absolute atomic E-state index is 0.317. The van der Waals surface area contributed by atoms with Crippen LogP contribution in [0.25, 0.3) is 0 Å². The topological polar surface area (TPSA) is 73.8 Å². The van der Waals surface area contributed by atoms with Crippen LogP contribution in [0.5, 0.6) is 5.88 Å². The standard InChI is InChI=1S/C12H19N3O4S/c1-4-18-11(16)12(2,3)19-10-9(13-20-14-10)15-5-7-17-8-6-15/h4-8H2,1-3H3. The molecule has 8 heteroatoms. The van der Waals surface area contributed by atoms with Gasteiger partial charge in [0.15, 0.2) is 0 Å². The van der Waals surface area contributed by atoms with Gasteiger partial charge in [0.1, 0.15) is 0 Å². The van der Waals surface area contributed by atoms with Gasteiger partial charge < -0.3 is 19.1 Å². The van der Waals surface area contributed by atoms with Crippen molar-refractivity contribution < 1.29 is 19.0 Å². The highest BCUT2D eigenvalue weighted by Gasteiger charge is 2.34. The Hall–Kier alpha value is -1.41. The fourth-order valence-electron chi connectivity index (χ4n) is 1.80. The summed E-state index contributed by atoms with van der Waals surface area (Å²) in [5.74, 6) is 0.617. The minimum atomic E-state index is -1.09. The summed E-state index contributed by atoms with van der Waals surface area (Å²) in [5, 5.41) is 0. The van der Waals surface area contributed by atoms with Crippen molar-refractivity contribution in [3.8, 4) is 5.88 Å². The molecule has 1 saturated heterocycles. The Bertz CT molecular complexity index is 457. The summed E-state index contributed by atoms with van der Waals surface area (Å²) in [4.78, 5) is 13.9. The second kappa shape index (κ2) is 6.36. The van der Waals surface area contributed by atoms with Crippen LogP contribution in [0.1, 0.15) is 20.8 Å². The van der Waals surface area contributed by atoms with Gasteiger partial charge in [0.2, 0.25) is 11.4 Å². The quantitative estimate of drug-likeness (QED) is 0.754. The maximum atomic E-state index is 11.9. The lowest BCUT2D eigenvalue weighted by Gasteiger charge is -2.28. The first-order valence-corrected chi connectivity index (χ1v) is 7.29. The second-order valence-electron chi connectivity index (χ2n) is 4.83. The molecule has 1 aliphatic rings. The summed E-state index contributed by atoms with van der Waals surface area (Å²) in [6.07, 6.45) is 0. The number of hydrogen-bond acceptors (Lipinski definition) is 8. The number of aromatic nitrogens is 2. The van der Waals surface area contributed by atoms with Crippen LogP contribution in [0, 0.1) is 0 Å². The van der Waals surface area contributed by atoms with Crippen molar-refractivity contribution in [2.75, 3.05) is 37.8 Å². The normalized spacial score (nSPS) is 16.1. The predicted molar refractivity (Wildman–Crippen MR) is 74.3 cm³/mol. The number of carbonyl (C=O) groups is 1. The van der Waals surface area contributed by atoms with E-state index in [-0.39, 0.29) is 0 Å². The van der Waals surface area contributed by atoms with Gasteiger partial charge in [-0.25, -0.2) is 4.79 Å². The van der Waals surface area contributed by atoms with E-state index in [0.717, 1.165) is 24.8 Å². The summed E-state index contributed by atoms with van der Waals surface area (Å²) in [6, 6.07) is 0. The Morgan fingerprint density at radius 2 is 2.10 bits per heavy atom. The number of nitrogens with zero attached hydrogens (tertiary/aromatic N) is 3. The van der Waals surface area contributed by atoms with Gasteiger partial charge in [-0.15, -0.1) is 4.37 Å². The molecule has 0 aromatic carbocycles. The monoisotopic (exact) mass is 301 g/mol. The van der Waals surface area contributed by atoms with Crippen molar-refractivity contribution in [2.24, 2.45) is 0 Å². The van der Waals surface area contributed by atoms with Gasteiger partial charge in [0, 0.05) is 13.1 Å². The molecular formula is C12H19N3O4S. The van der Waals surface area contributed by atoms with Crippen LogP contribution in [0.2, 0.25) is 0 Å². The van der Waals surface area contributed by atoms with E-state index in [9.17, 15) is 4.79 Å². The molecule has 2 heterocycles. The number of morpholine rings is 1. The summed E-state index contributed by atoms with van der Waals surface area (Å²) >= 11 is 1.07. The molecule has 0 amide bonds. The van der Waals surface area contributed by atoms with Crippen LogP contribution >= 0.6 is 11.7 Å². The summed E-state index contributed by atoms with van der Waals surface area (Å²) in [5.41, 5.74) is -1.09. The van der Waals surface area contributed by atoms with Gasteiger partial charge in [-0.05, 0) is 20.8 Å². The molecule has 0 saturated carbocycles. The lowest BCUT2D eigenvalue weighted by atomic mass is 10.1. The molecule has 0 spiro atoms. The van der Waals surface area contributed by atoms with Gasteiger partial charge in [-0.1, -0.05) is 0 Å². The van der Waals surface area contributed by atoms with E-state index in [0.29, 0.717) is 31.5 Å². The molecule has 0 N–H and O–H groups in total. The number of carbonyl (C=O) groups excluding carboxylic acids is 1. The number of esters is 1. The fourth-order valence-corrected chi connectivity index (χ4v) is 2.30. The van der Waals surface area contributed by atoms with E-state index < -0.39 is 11.6 Å². The highest BCUT2D eigenvalue weighted by atomic mass is 32.1. The Morgan fingerprint density at radius 1 is 1.40 bits per heavy atom. The maximum absolute atomic E-state index is 11.9. The highest BCUT2D eigenvalue weighted by Crippen LogP contribution is 2.29. The molecule has 7 nitrogen and oxygen atoms in total. The van der Waals surface area contributed by atoms with E-state index in [2.05, 4.69) is 8.75 Å². The van der Waals surface area contributed by atoms with Gasteiger partial charge in [-0.3, -0.25) is 0 Å². The lowest BCUT2D eigenvalue weighted by Crippen LogP contribution is -2.41. The van der Waals surface area contributed by atoms with E-state index in [4.69, 9.17) is 14.2 Å². The molecule has 1 aliphatic heterocycles. The molecule has 0 bridgehead atoms. The van der Waals surface area contributed by atoms with E-state index >= 15 is 0 Å². The third-order valence-electron chi connectivity index (χ3n) is 2.87. The predicted octanol–water partition coefficient (Wildman–Crippen LogP) is 1.10. The van der Waals surface area contributed by atoms with Gasteiger partial charge in [-0.2, -0.15) is 4.37 Å². The molecular weight excluding hydrogens is 282 g/mol. The highest BCUT2D eigenvalue weighted by molar-refractivity contribution is 6.99. The molecule has 0 radical (unpaired) electrons. The third kappa shape index (κ3) is 3.37.